The molecular weight excluding hydrogens is 203 g/mol. The molecule has 0 saturated carbocycles. The highest BCUT2D eigenvalue weighted by atomic mass is 19.1. The molecule has 0 aliphatic carbocycles. The van der Waals surface area contributed by atoms with Crippen LogP contribution in [0.15, 0.2) is 24.8 Å². The quantitative estimate of drug-likeness (QED) is 0.686. The third kappa shape index (κ3) is 2.57. The lowest BCUT2D eigenvalue weighted by Gasteiger charge is -2.19. The molecule has 0 heterocycles. The van der Waals surface area contributed by atoms with Crippen LogP contribution in [0.25, 0.3) is 5.57 Å². The second kappa shape index (κ2) is 4.20. The van der Waals surface area contributed by atoms with Crippen LogP contribution >= 0.6 is 0 Å². The third-order valence-electron chi connectivity index (χ3n) is 2.37. The van der Waals surface area contributed by atoms with Crippen molar-refractivity contribution in [2.45, 2.75) is 27.7 Å². The summed E-state index contributed by atoms with van der Waals surface area (Å²) in [6.45, 7) is 11.1. The number of benzene rings is 1. The Morgan fingerprint density at radius 3 is 2.25 bits per heavy atom. The van der Waals surface area contributed by atoms with Gasteiger partial charge in [0.2, 0.25) is 0 Å². The second-order valence-corrected chi connectivity index (χ2v) is 5.05. The number of rotatable bonds is 2. The van der Waals surface area contributed by atoms with E-state index in [0.29, 0.717) is 16.7 Å². The normalized spacial score (nSPS) is 11.3. The molecule has 0 bridgehead atoms. The molecule has 0 aromatic heterocycles. The van der Waals surface area contributed by atoms with Crippen LogP contribution in [0.1, 0.15) is 43.6 Å². The van der Waals surface area contributed by atoms with Gasteiger partial charge in [-0.05, 0) is 30.7 Å². The van der Waals surface area contributed by atoms with E-state index in [2.05, 4.69) is 6.58 Å². The molecule has 0 unspecified atom stereocenters. The third-order valence-corrected chi connectivity index (χ3v) is 2.37. The van der Waals surface area contributed by atoms with Crippen molar-refractivity contribution in [2.24, 2.45) is 5.41 Å². The minimum absolute atomic E-state index is 0.00509. The standard InChI is InChI=1S/C14H17FO/c1-9(2)12-8-10(15)6-7-11(12)13(16)14(3,4)5/h6-8H,1H2,2-5H3. The summed E-state index contributed by atoms with van der Waals surface area (Å²) in [5.41, 5.74) is 1.37. The van der Waals surface area contributed by atoms with Gasteiger partial charge < -0.3 is 0 Å². The zero-order chi connectivity index (χ0) is 12.5. The number of Topliss-reactive ketones (excluding diaryl/α,β-unsaturated/α-hetero) is 1. The van der Waals surface area contributed by atoms with E-state index in [4.69, 9.17) is 0 Å². The summed E-state index contributed by atoms with van der Waals surface area (Å²) in [4.78, 5) is 12.1. The number of halogens is 1. The maximum absolute atomic E-state index is 13.1. The van der Waals surface area contributed by atoms with Crippen LogP contribution in [-0.4, -0.2) is 5.78 Å². The summed E-state index contributed by atoms with van der Waals surface area (Å²) >= 11 is 0. The van der Waals surface area contributed by atoms with Crippen LogP contribution in [0.2, 0.25) is 0 Å². The van der Waals surface area contributed by atoms with Crippen molar-refractivity contribution in [3.05, 3.63) is 41.7 Å². The van der Waals surface area contributed by atoms with E-state index in [1.54, 1.807) is 6.92 Å². The molecule has 0 spiro atoms. The smallest absolute Gasteiger partial charge is 0.168 e. The topological polar surface area (TPSA) is 17.1 Å². The van der Waals surface area contributed by atoms with Gasteiger partial charge in [-0.15, -0.1) is 0 Å². The molecule has 1 aromatic carbocycles. The van der Waals surface area contributed by atoms with Crippen molar-refractivity contribution in [1.29, 1.82) is 0 Å². The van der Waals surface area contributed by atoms with Crippen molar-refractivity contribution in [3.8, 4) is 0 Å². The SMILES string of the molecule is C=C(C)c1cc(F)ccc1C(=O)C(C)(C)C. The van der Waals surface area contributed by atoms with Crippen molar-refractivity contribution in [1.82, 2.24) is 0 Å². The van der Waals surface area contributed by atoms with E-state index in [9.17, 15) is 9.18 Å². The number of carbonyl (C=O) groups is 1. The number of allylic oxidation sites excluding steroid dienone is 1. The molecule has 1 rings (SSSR count). The van der Waals surface area contributed by atoms with Gasteiger partial charge >= 0.3 is 0 Å². The van der Waals surface area contributed by atoms with Gasteiger partial charge in [-0.3, -0.25) is 4.79 Å². The van der Waals surface area contributed by atoms with Crippen LogP contribution < -0.4 is 0 Å². The average molecular weight is 220 g/mol. The van der Waals surface area contributed by atoms with Gasteiger partial charge in [-0.1, -0.05) is 32.9 Å². The van der Waals surface area contributed by atoms with Gasteiger partial charge in [0.25, 0.3) is 0 Å². The van der Waals surface area contributed by atoms with E-state index in [-0.39, 0.29) is 11.6 Å². The molecule has 0 aliphatic rings. The monoisotopic (exact) mass is 220 g/mol. The fourth-order valence-corrected chi connectivity index (χ4v) is 1.47. The molecule has 1 nitrogen and oxygen atoms in total. The summed E-state index contributed by atoms with van der Waals surface area (Å²) in [5.74, 6) is -0.339. The number of carbonyl (C=O) groups excluding carboxylic acids is 1. The second-order valence-electron chi connectivity index (χ2n) is 5.05. The molecule has 0 N–H and O–H groups in total. The molecular formula is C14H17FO. The largest absolute Gasteiger partial charge is 0.294 e. The fourth-order valence-electron chi connectivity index (χ4n) is 1.47. The number of hydrogen-bond acceptors (Lipinski definition) is 1. The molecule has 0 amide bonds. The molecule has 86 valence electrons. The highest BCUT2D eigenvalue weighted by Gasteiger charge is 2.25. The Kier molecular flexibility index (Phi) is 3.32. The minimum atomic E-state index is -0.470. The zero-order valence-electron chi connectivity index (χ0n) is 10.2. The molecule has 0 fully saturated rings. The first-order chi connectivity index (χ1) is 7.23. The molecule has 2 heteroatoms. The van der Waals surface area contributed by atoms with E-state index in [0.717, 1.165) is 0 Å². The number of hydrogen-bond donors (Lipinski definition) is 0. The molecule has 0 aliphatic heterocycles. The average Bonchev–Trinajstić information content (AvgIpc) is 2.15. The first-order valence-electron chi connectivity index (χ1n) is 5.23. The van der Waals surface area contributed by atoms with Crippen molar-refractivity contribution in [2.75, 3.05) is 0 Å². The molecule has 16 heavy (non-hydrogen) atoms. The first-order valence-corrected chi connectivity index (χ1v) is 5.23. The molecule has 0 atom stereocenters. The Morgan fingerprint density at radius 1 is 1.25 bits per heavy atom. The zero-order valence-corrected chi connectivity index (χ0v) is 10.2. The van der Waals surface area contributed by atoms with Crippen LogP contribution in [0.5, 0.6) is 0 Å². The van der Waals surface area contributed by atoms with Gasteiger partial charge in [-0.2, -0.15) is 0 Å². The first kappa shape index (κ1) is 12.6. The van der Waals surface area contributed by atoms with Crippen molar-refractivity contribution < 1.29 is 9.18 Å². The van der Waals surface area contributed by atoms with Crippen molar-refractivity contribution >= 4 is 11.4 Å². The fraction of sp³-hybridized carbons (Fsp3) is 0.357. The molecule has 0 radical (unpaired) electrons. The van der Waals surface area contributed by atoms with Crippen LogP contribution in [0.4, 0.5) is 4.39 Å². The summed E-state index contributed by atoms with van der Waals surface area (Å²) in [6.07, 6.45) is 0. The lowest BCUT2D eigenvalue weighted by atomic mass is 9.83. The van der Waals surface area contributed by atoms with Gasteiger partial charge in [0.15, 0.2) is 5.78 Å². The maximum Gasteiger partial charge on any atom is 0.168 e. The molecule has 1 aromatic rings. The van der Waals surface area contributed by atoms with Crippen molar-refractivity contribution in [3.63, 3.8) is 0 Å². The van der Waals surface area contributed by atoms with Gasteiger partial charge in [0, 0.05) is 11.0 Å². The van der Waals surface area contributed by atoms with E-state index < -0.39 is 5.41 Å². The Labute approximate surface area is 96.0 Å². The highest BCUT2D eigenvalue weighted by Crippen LogP contribution is 2.26. The lowest BCUT2D eigenvalue weighted by Crippen LogP contribution is -2.21. The Balaban J connectivity index is 3.34. The molecule has 0 saturated heterocycles. The highest BCUT2D eigenvalue weighted by molar-refractivity contribution is 6.03. The summed E-state index contributed by atoms with van der Waals surface area (Å²) < 4.78 is 13.1. The predicted octanol–water partition coefficient (Wildman–Crippen LogP) is 4.09. The predicted molar refractivity (Wildman–Crippen MR) is 64.9 cm³/mol. The number of ketones is 1. The van der Waals surface area contributed by atoms with Crippen LogP contribution in [0, 0.1) is 11.2 Å². The lowest BCUT2D eigenvalue weighted by molar-refractivity contribution is 0.0858. The Hall–Kier alpha value is -1.44. The van der Waals surface area contributed by atoms with Gasteiger partial charge in [0.1, 0.15) is 5.82 Å². The summed E-state index contributed by atoms with van der Waals surface area (Å²) in [6, 6.07) is 4.21. The summed E-state index contributed by atoms with van der Waals surface area (Å²) in [7, 11) is 0. The van der Waals surface area contributed by atoms with Gasteiger partial charge in [0.05, 0.1) is 0 Å². The van der Waals surface area contributed by atoms with Crippen LogP contribution in [-0.2, 0) is 0 Å². The maximum atomic E-state index is 13.1. The van der Waals surface area contributed by atoms with E-state index >= 15 is 0 Å². The Bertz CT molecular complexity index is 439. The van der Waals surface area contributed by atoms with E-state index in [1.165, 1.54) is 18.2 Å². The minimum Gasteiger partial charge on any atom is -0.294 e. The van der Waals surface area contributed by atoms with Crippen LogP contribution in [0.3, 0.4) is 0 Å². The Morgan fingerprint density at radius 2 is 1.81 bits per heavy atom. The van der Waals surface area contributed by atoms with Gasteiger partial charge in [-0.25, -0.2) is 4.39 Å². The van der Waals surface area contributed by atoms with E-state index in [1.807, 2.05) is 20.8 Å². The summed E-state index contributed by atoms with van der Waals surface area (Å²) in [5, 5.41) is 0.